The molecule has 0 fully saturated rings. The molecule has 0 aliphatic rings. The van der Waals surface area contributed by atoms with Crippen molar-refractivity contribution in [1.82, 2.24) is 9.55 Å². The molecule has 2 aromatic heterocycles. The zero-order valence-electron chi connectivity index (χ0n) is 6.54. The first kappa shape index (κ1) is 8.40. The Labute approximate surface area is 83.9 Å². The lowest BCUT2D eigenvalue weighted by atomic mass is 10.4. The molecule has 0 bridgehead atoms. The van der Waals surface area contributed by atoms with E-state index in [1.807, 2.05) is 6.07 Å². The summed E-state index contributed by atoms with van der Waals surface area (Å²) in [5.41, 5.74) is 0.784. The molecular formula is C8H6N2OS2. The fourth-order valence-electron chi connectivity index (χ4n) is 1.03. The van der Waals surface area contributed by atoms with Gasteiger partial charge in [-0.05, 0) is 24.4 Å². The molecule has 2 heterocycles. The van der Waals surface area contributed by atoms with Crippen molar-refractivity contribution >= 4 is 23.6 Å². The maximum atomic E-state index is 9.46. The van der Waals surface area contributed by atoms with Gasteiger partial charge in [-0.2, -0.15) is 0 Å². The van der Waals surface area contributed by atoms with Crippen molar-refractivity contribution < 1.29 is 5.11 Å². The van der Waals surface area contributed by atoms with Crippen LogP contribution in [0.25, 0.3) is 5.69 Å². The summed E-state index contributed by atoms with van der Waals surface area (Å²) in [5.74, 6) is 0.156. The topological polar surface area (TPSA) is 38.0 Å². The van der Waals surface area contributed by atoms with Gasteiger partial charge in [0.05, 0.1) is 17.3 Å². The van der Waals surface area contributed by atoms with Crippen molar-refractivity contribution in [3.05, 3.63) is 33.9 Å². The molecule has 66 valence electrons. The summed E-state index contributed by atoms with van der Waals surface area (Å²) in [4.78, 5) is 3.95. The quantitative estimate of drug-likeness (QED) is 0.734. The number of thiazole rings is 1. The first-order chi connectivity index (χ1) is 6.29. The molecule has 0 aliphatic carbocycles. The summed E-state index contributed by atoms with van der Waals surface area (Å²) in [7, 11) is 0. The number of hydrogen-bond donors (Lipinski definition) is 1. The minimum absolute atomic E-state index is 0.156. The Balaban J connectivity index is 2.65. The van der Waals surface area contributed by atoms with Crippen molar-refractivity contribution in [3.8, 4) is 11.6 Å². The van der Waals surface area contributed by atoms with E-state index < -0.39 is 0 Å². The van der Waals surface area contributed by atoms with Crippen LogP contribution in [0.15, 0.2) is 29.9 Å². The third kappa shape index (κ3) is 1.48. The molecule has 5 heteroatoms. The zero-order valence-corrected chi connectivity index (χ0v) is 8.18. The summed E-state index contributed by atoms with van der Waals surface area (Å²) in [6, 6.07) is 3.64. The van der Waals surface area contributed by atoms with Crippen molar-refractivity contribution in [2.45, 2.75) is 0 Å². The Bertz CT molecular complexity index is 460. The Kier molecular flexibility index (Phi) is 2.12. The fraction of sp³-hybridized carbons (Fsp3) is 0. The van der Waals surface area contributed by atoms with Crippen LogP contribution < -0.4 is 0 Å². The van der Waals surface area contributed by atoms with Gasteiger partial charge < -0.3 is 5.11 Å². The zero-order chi connectivity index (χ0) is 9.26. The van der Waals surface area contributed by atoms with Crippen LogP contribution >= 0.6 is 23.6 Å². The third-order valence-electron chi connectivity index (χ3n) is 1.58. The lowest BCUT2D eigenvalue weighted by molar-refractivity contribution is 0.442. The van der Waals surface area contributed by atoms with E-state index in [4.69, 9.17) is 12.2 Å². The van der Waals surface area contributed by atoms with Gasteiger partial charge in [0.1, 0.15) is 0 Å². The number of nitrogens with zero attached hydrogens (tertiary/aromatic N) is 2. The van der Waals surface area contributed by atoms with Gasteiger partial charge in [-0.1, -0.05) is 0 Å². The highest BCUT2D eigenvalue weighted by Crippen LogP contribution is 2.21. The molecule has 0 amide bonds. The lowest BCUT2D eigenvalue weighted by Gasteiger charge is -2.01. The molecule has 0 radical (unpaired) electrons. The van der Waals surface area contributed by atoms with Crippen LogP contribution in [0.5, 0.6) is 5.88 Å². The number of hydrogen-bond acceptors (Lipinski definition) is 4. The maximum Gasteiger partial charge on any atom is 0.207 e. The highest BCUT2D eigenvalue weighted by molar-refractivity contribution is 7.73. The van der Waals surface area contributed by atoms with E-state index in [1.165, 1.54) is 11.3 Å². The molecule has 0 aromatic carbocycles. The van der Waals surface area contributed by atoms with Gasteiger partial charge in [0.2, 0.25) is 5.88 Å². The van der Waals surface area contributed by atoms with Crippen LogP contribution in [0.2, 0.25) is 0 Å². The van der Waals surface area contributed by atoms with E-state index in [-0.39, 0.29) is 5.88 Å². The standard InChI is InChI=1S/C8H6N2OS2/c11-7-5-13-8(12)10(7)6-2-1-3-9-4-6/h1-5,11H. The average molecular weight is 210 g/mol. The molecule has 0 aliphatic heterocycles. The van der Waals surface area contributed by atoms with E-state index in [0.717, 1.165) is 5.69 Å². The normalized spacial score (nSPS) is 10.2. The van der Waals surface area contributed by atoms with Crippen LogP contribution in [0.3, 0.4) is 0 Å². The Hall–Kier alpha value is -1.20. The second-order valence-electron chi connectivity index (χ2n) is 2.41. The molecule has 2 aromatic rings. The second-order valence-corrected chi connectivity index (χ2v) is 3.91. The van der Waals surface area contributed by atoms with Gasteiger partial charge in [0.25, 0.3) is 0 Å². The monoisotopic (exact) mass is 210 g/mol. The predicted octanol–water partition coefficient (Wildman–Crippen LogP) is 2.37. The molecule has 13 heavy (non-hydrogen) atoms. The van der Waals surface area contributed by atoms with Crippen LogP contribution in [0.4, 0.5) is 0 Å². The molecule has 0 saturated heterocycles. The molecule has 0 atom stereocenters. The Morgan fingerprint density at radius 2 is 2.38 bits per heavy atom. The molecule has 1 N–H and O–H groups in total. The molecule has 3 nitrogen and oxygen atoms in total. The largest absolute Gasteiger partial charge is 0.494 e. The third-order valence-corrected chi connectivity index (χ3v) is 2.77. The second kappa shape index (κ2) is 3.27. The summed E-state index contributed by atoms with van der Waals surface area (Å²) in [6.07, 6.45) is 3.33. The number of aromatic nitrogens is 2. The molecule has 0 spiro atoms. The summed E-state index contributed by atoms with van der Waals surface area (Å²) >= 11 is 6.37. The first-order valence-electron chi connectivity index (χ1n) is 3.59. The molecule has 0 saturated carbocycles. The lowest BCUT2D eigenvalue weighted by Crippen LogP contribution is -1.92. The van der Waals surface area contributed by atoms with Crippen molar-refractivity contribution in [3.63, 3.8) is 0 Å². The highest BCUT2D eigenvalue weighted by Gasteiger charge is 2.03. The molecule has 0 unspecified atom stereocenters. The average Bonchev–Trinajstić information content (AvgIpc) is 2.48. The number of aromatic hydroxyl groups is 1. The Morgan fingerprint density at radius 1 is 1.54 bits per heavy atom. The van der Waals surface area contributed by atoms with Gasteiger partial charge in [-0.25, -0.2) is 0 Å². The van der Waals surface area contributed by atoms with Gasteiger partial charge in [0, 0.05) is 6.20 Å². The molecule has 2 rings (SSSR count). The van der Waals surface area contributed by atoms with Gasteiger partial charge in [-0.15, -0.1) is 11.3 Å². The highest BCUT2D eigenvalue weighted by atomic mass is 32.1. The van der Waals surface area contributed by atoms with Gasteiger partial charge >= 0.3 is 0 Å². The van der Waals surface area contributed by atoms with Crippen LogP contribution in [0.1, 0.15) is 0 Å². The first-order valence-corrected chi connectivity index (χ1v) is 4.88. The van der Waals surface area contributed by atoms with Crippen molar-refractivity contribution in [2.24, 2.45) is 0 Å². The van der Waals surface area contributed by atoms with Gasteiger partial charge in [-0.3, -0.25) is 9.55 Å². The van der Waals surface area contributed by atoms with E-state index in [9.17, 15) is 5.11 Å². The van der Waals surface area contributed by atoms with E-state index in [2.05, 4.69) is 4.98 Å². The van der Waals surface area contributed by atoms with Crippen molar-refractivity contribution in [1.29, 1.82) is 0 Å². The maximum absolute atomic E-state index is 9.46. The molecular weight excluding hydrogens is 204 g/mol. The van der Waals surface area contributed by atoms with Crippen LogP contribution in [-0.4, -0.2) is 14.7 Å². The summed E-state index contributed by atoms with van der Waals surface area (Å²) < 4.78 is 2.19. The number of rotatable bonds is 1. The van der Waals surface area contributed by atoms with Gasteiger partial charge in [0.15, 0.2) is 3.95 Å². The van der Waals surface area contributed by atoms with E-state index in [1.54, 1.807) is 28.4 Å². The van der Waals surface area contributed by atoms with Crippen molar-refractivity contribution in [2.75, 3.05) is 0 Å². The summed E-state index contributed by atoms with van der Waals surface area (Å²) in [5, 5.41) is 11.1. The number of pyridine rings is 1. The summed E-state index contributed by atoms with van der Waals surface area (Å²) in [6.45, 7) is 0. The van der Waals surface area contributed by atoms with Crippen LogP contribution in [0, 0.1) is 3.95 Å². The SMILES string of the molecule is Oc1csc(=S)n1-c1cccnc1. The minimum Gasteiger partial charge on any atom is -0.494 e. The van der Waals surface area contributed by atoms with E-state index in [0.29, 0.717) is 3.95 Å². The predicted molar refractivity (Wildman–Crippen MR) is 53.9 cm³/mol. The smallest absolute Gasteiger partial charge is 0.207 e. The Morgan fingerprint density at radius 3 is 2.92 bits per heavy atom. The fourth-order valence-corrected chi connectivity index (χ4v) is 1.99. The minimum atomic E-state index is 0.156. The van der Waals surface area contributed by atoms with Crippen LogP contribution in [-0.2, 0) is 0 Å². The van der Waals surface area contributed by atoms with E-state index >= 15 is 0 Å².